The van der Waals surface area contributed by atoms with Crippen LogP contribution in [0.2, 0.25) is 5.28 Å². The summed E-state index contributed by atoms with van der Waals surface area (Å²) < 4.78 is 4.42. The lowest BCUT2D eigenvalue weighted by Crippen LogP contribution is -2.07. The van der Waals surface area contributed by atoms with Crippen molar-refractivity contribution in [2.45, 2.75) is 6.61 Å². The molecule has 0 aromatic carbocycles. The third-order valence-electron chi connectivity index (χ3n) is 1.31. The summed E-state index contributed by atoms with van der Waals surface area (Å²) in [6.07, 6.45) is 0. The van der Waals surface area contributed by atoms with E-state index < -0.39 is 5.97 Å². The smallest absolute Gasteiger partial charge is 0.356 e. The highest BCUT2D eigenvalue weighted by molar-refractivity contribution is 6.28. The third-order valence-corrected chi connectivity index (χ3v) is 1.48. The van der Waals surface area contributed by atoms with Gasteiger partial charge in [0.1, 0.15) is 0 Å². The third kappa shape index (κ3) is 2.37. The monoisotopic (exact) mass is 202 g/mol. The molecule has 0 unspecified atom stereocenters. The molecule has 1 aromatic rings. The number of esters is 1. The fourth-order valence-corrected chi connectivity index (χ4v) is 0.955. The Kier molecular flexibility index (Phi) is 3.16. The molecule has 0 saturated heterocycles. The molecule has 0 spiro atoms. The van der Waals surface area contributed by atoms with E-state index in [1.165, 1.54) is 13.2 Å². The first kappa shape index (κ1) is 9.88. The van der Waals surface area contributed by atoms with E-state index in [1.807, 2.05) is 0 Å². The van der Waals surface area contributed by atoms with Crippen molar-refractivity contribution in [1.29, 1.82) is 0 Å². The molecule has 13 heavy (non-hydrogen) atoms. The van der Waals surface area contributed by atoms with Crippen LogP contribution in [-0.2, 0) is 11.3 Å². The number of nitrogens with zero attached hydrogens (tertiary/aromatic N) is 2. The normalized spacial score (nSPS) is 9.77. The molecule has 0 aliphatic carbocycles. The van der Waals surface area contributed by atoms with E-state index in [0.717, 1.165) is 0 Å². The second kappa shape index (κ2) is 4.15. The van der Waals surface area contributed by atoms with Crippen LogP contribution in [0.25, 0.3) is 0 Å². The fourth-order valence-electron chi connectivity index (χ4n) is 0.755. The van der Waals surface area contributed by atoms with E-state index in [-0.39, 0.29) is 23.3 Å². The minimum atomic E-state index is -0.612. The van der Waals surface area contributed by atoms with Gasteiger partial charge in [-0.05, 0) is 17.7 Å². The lowest BCUT2D eigenvalue weighted by molar-refractivity contribution is 0.0593. The van der Waals surface area contributed by atoms with Crippen molar-refractivity contribution in [2.24, 2.45) is 0 Å². The molecule has 1 rings (SSSR count). The van der Waals surface area contributed by atoms with Crippen molar-refractivity contribution in [3.63, 3.8) is 0 Å². The lowest BCUT2D eigenvalue weighted by Gasteiger charge is -2.00. The molecule has 0 amide bonds. The van der Waals surface area contributed by atoms with Gasteiger partial charge in [-0.3, -0.25) is 0 Å². The van der Waals surface area contributed by atoms with E-state index in [4.69, 9.17) is 16.7 Å². The molecular formula is C7H7ClN2O3. The Balaban J connectivity index is 3.08. The van der Waals surface area contributed by atoms with Gasteiger partial charge in [0.2, 0.25) is 5.28 Å². The summed E-state index contributed by atoms with van der Waals surface area (Å²) >= 11 is 5.49. The summed E-state index contributed by atoms with van der Waals surface area (Å²) in [4.78, 5) is 18.3. The van der Waals surface area contributed by atoms with Crippen LogP contribution in [0.4, 0.5) is 0 Å². The molecule has 0 fully saturated rings. The van der Waals surface area contributed by atoms with Gasteiger partial charge in [0.25, 0.3) is 0 Å². The second-order valence-corrected chi connectivity index (χ2v) is 2.50. The lowest BCUT2D eigenvalue weighted by atomic mass is 10.3. The van der Waals surface area contributed by atoms with Crippen molar-refractivity contribution in [1.82, 2.24) is 9.97 Å². The molecule has 0 saturated carbocycles. The van der Waals surface area contributed by atoms with Gasteiger partial charge < -0.3 is 9.84 Å². The first-order chi connectivity index (χ1) is 6.17. The first-order valence-corrected chi connectivity index (χ1v) is 3.78. The van der Waals surface area contributed by atoms with Gasteiger partial charge in [-0.1, -0.05) is 0 Å². The molecule has 5 nitrogen and oxygen atoms in total. The van der Waals surface area contributed by atoms with Gasteiger partial charge in [-0.2, -0.15) is 0 Å². The van der Waals surface area contributed by atoms with Crippen LogP contribution in [0.1, 0.15) is 16.2 Å². The zero-order valence-corrected chi connectivity index (χ0v) is 7.58. The van der Waals surface area contributed by atoms with Crippen LogP contribution in [0.15, 0.2) is 6.07 Å². The van der Waals surface area contributed by atoms with Gasteiger partial charge in [0.15, 0.2) is 5.69 Å². The number of halogens is 1. The summed E-state index contributed by atoms with van der Waals surface area (Å²) in [7, 11) is 1.23. The summed E-state index contributed by atoms with van der Waals surface area (Å²) in [6, 6.07) is 1.32. The highest BCUT2D eigenvalue weighted by Crippen LogP contribution is 2.06. The molecule has 1 N–H and O–H groups in total. The molecule has 1 heterocycles. The maximum Gasteiger partial charge on any atom is 0.356 e. The van der Waals surface area contributed by atoms with Crippen LogP contribution in [0, 0.1) is 0 Å². The Labute approximate surface area is 79.3 Å². The standard InChI is InChI=1S/C7H7ClN2O3/c1-13-6(12)5-2-4(3-11)9-7(8)10-5/h2,11H,3H2,1H3. The average Bonchev–Trinajstić information content (AvgIpc) is 2.15. The molecule has 0 aliphatic rings. The molecule has 70 valence electrons. The number of carbonyl (C=O) groups excluding carboxylic acids is 1. The van der Waals surface area contributed by atoms with Crippen LogP contribution in [0.5, 0.6) is 0 Å². The van der Waals surface area contributed by atoms with Crippen molar-refractivity contribution in [2.75, 3.05) is 7.11 Å². The number of rotatable bonds is 2. The van der Waals surface area contributed by atoms with E-state index in [0.29, 0.717) is 0 Å². The molecule has 0 radical (unpaired) electrons. The van der Waals surface area contributed by atoms with Crippen LogP contribution in [-0.4, -0.2) is 28.2 Å². The summed E-state index contributed by atoms with van der Waals surface area (Å²) in [6.45, 7) is -0.299. The number of methoxy groups -OCH3 is 1. The van der Waals surface area contributed by atoms with Crippen LogP contribution in [0.3, 0.4) is 0 Å². The second-order valence-electron chi connectivity index (χ2n) is 2.16. The van der Waals surface area contributed by atoms with Crippen molar-refractivity contribution >= 4 is 17.6 Å². The topological polar surface area (TPSA) is 72.3 Å². The predicted molar refractivity (Wildman–Crippen MR) is 44.3 cm³/mol. The number of hydrogen-bond donors (Lipinski definition) is 1. The summed E-state index contributed by atoms with van der Waals surface area (Å²) in [5.41, 5.74) is 0.312. The highest BCUT2D eigenvalue weighted by atomic mass is 35.5. The Morgan fingerprint density at radius 3 is 2.92 bits per heavy atom. The number of ether oxygens (including phenoxy) is 1. The fraction of sp³-hybridized carbons (Fsp3) is 0.286. The van der Waals surface area contributed by atoms with Crippen molar-refractivity contribution in [3.05, 3.63) is 22.7 Å². The average molecular weight is 203 g/mol. The summed E-state index contributed by atoms with van der Waals surface area (Å²) in [5.74, 6) is -0.612. The zero-order chi connectivity index (χ0) is 9.84. The Hall–Kier alpha value is -1.20. The Bertz CT molecular complexity index is 330. The Morgan fingerprint density at radius 2 is 2.38 bits per heavy atom. The van der Waals surface area contributed by atoms with Gasteiger partial charge in [-0.15, -0.1) is 0 Å². The van der Waals surface area contributed by atoms with Crippen molar-refractivity contribution in [3.8, 4) is 0 Å². The first-order valence-electron chi connectivity index (χ1n) is 3.40. The van der Waals surface area contributed by atoms with Gasteiger partial charge in [0.05, 0.1) is 19.4 Å². The minimum absolute atomic E-state index is 0.0338. The largest absolute Gasteiger partial charge is 0.464 e. The molecular weight excluding hydrogens is 196 g/mol. The number of aliphatic hydroxyl groups excluding tert-OH is 1. The minimum Gasteiger partial charge on any atom is -0.464 e. The van der Waals surface area contributed by atoms with E-state index >= 15 is 0 Å². The number of aromatic nitrogens is 2. The van der Waals surface area contributed by atoms with Gasteiger partial charge >= 0.3 is 5.97 Å². The molecule has 0 aliphatic heterocycles. The van der Waals surface area contributed by atoms with Crippen LogP contribution < -0.4 is 0 Å². The molecule has 6 heteroatoms. The Morgan fingerprint density at radius 1 is 1.69 bits per heavy atom. The summed E-state index contributed by atoms with van der Waals surface area (Å²) in [5, 5.41) is 8.65. The highest BCUT2D eigenvalue weighted by Gasteiger charge is 2.10. The number of aliphatic hydroxyl groups is 1. The quantitative estimate of drug-likeness (QED) is 0.556. The van der Waals surface area contributed by atoms with Crippen molar-refractivity contribution < 1.29 is 14.6 Å². The van der Waals surface area contributed by atoms with Crippen LogP contribution >= 0.6 is 11.6 Å². The maximum atomic E-state index is 11.0. The zero-order valence-electron chi connectivity index (χ0n) is 6.82. The van der Waals surface area contributed by atoms with Gasteiger partial charge in [0, 0.05) is 0 Å². The number of carbonyl (C=O) groups is 1. The molecule has 1 aromatic heterocycles. The SMILES string of the molecule is COC(=O)c1cc(CO)nc(Cl)n1. The van der Waals surface area contributed by atoms with E-state index in [9.17, 15) is 4.79 Å². The number of hydrogen-bond acceptors (Lipinski definition) is 5. The van der Waals surface area contributed by atoms with E-state index in [1.54, 1.807) is 0 Å². The van der Waals surface area contributed by atoms with E-state index in [2.05, 4.69) is 14.7 Å². The molecule has 0 bridgehead atoms. The van der Waals surface area contributed by atoms with Gasteiger partial charge in [-0.25, -0.2) is 14.8 Å². The molecule has 0 atom stereocenters. The predicted octanol–water partition coefficient (Wildman–Crippen LogP) is 0.409. The maximum absolute atomic E-state index is 11.0.